The van der Waals surface area contributed by atoms with E-state index in [1.807, 2.05) is 6.20 Å². The zero-order valence-electron chi connectivity index (χ0n) is 11.2. The number of hydrogen-bond donors (Lipinski definition) is 0. The van der Waals surface area contributed by atoms with Crippen molar-refractivity contribution < 1.29 is 4.74 Å². The van der Waals surface area contributed by atoms with Crippen LogP contribution in [0.5, 0.6) is 5.88 Å². The van der Waals surface area contributed by atoms with Crippen LogP contribution in [-0.4, -0.2) is 29.6 Å². The molecule has 0 bridgehead atoms. The number of nitrogens with zero attached hydrogens (tertiary/aromatic N) is 2. The molecule has 1 aliphatic rings. The fourth-order valence-electron chi connectivity index (χ4n) is 2.75. The summed E-state index contributed by atoms with van der Waals surface area (Å²) >= 11 is 0. The minimum Gasteiger partial charge on any atom is -0.481 e. The lowest BCUT2D eigenvalue weighted by Gasteiger charge is -2.28. The molecule has 2 heterocycles. The highest BCUT2D eigenvalue weighted by atomic mass is 16.5. The Balaban J connectivity index is 2.24. The van der Waals surface area contributed by atoms with Gasteiger partial charge in [0, 0.05) is 23.8 Å². The molecule has 2 rings (SSSR count). The van der Waals surface area contributed by atoms with Crippen LogP contribution in [0, 0.1) is 6.92 Å². The normalized spacial score (nSPS) is 21.1. The molecule has 3 heteroatoms. The van der Waals surface area contributed by atoms with Crippen LogP contribution in [0.2, 0.25) is 0 Å². The van der Waals surface area contributed by atoms with Crippen LogP contribution in [0.3, 0.4) is 0 Å². The van der Waals surface area contributed by atoms with E-state index in [4.69, 9.17) is 4.74 Å². The molecular weight excluding hydrogens is 212 g/mol. The highest BCUT2D eigenvalue weighted by Gasteiger charge is 2.28. The van der Waals surface area contributed by atoms with E-state index < -0.39 is 0 Å². The SMILES string of the molecule is COc1ncc(C2CCCN2C(C)C)cc1C. The van der Waals surface area contributed by atoms with Gasteiger partial charge in [0.2, 0.25) is 5.88 Å². The Morgan fingerprint density at radius 2 is 2.24 bits per heavy atom. The molecule has 94 valence electrons. The van der Waals surface area contributed by atoms with Crippen LogP contribution in [0.1, 0.15) is 43.9 Å². The average molecular weight is 234 g/mol. The summed E-state index contributed by atoms with van der Waals surface area (Å²) in [5, 5.41) is 0. The topological polar surface area (TPSA) is 25.4 Å². The van der Waals surface area contributed by atoms with E-state index in [0.717, 1.165) is 11.4 Å². The third kappa shape index (κ3) is 2.44. The van der Waals surface area contributed by atoms with Crippen LogP contribution in [0.4, 0.5) is 0 Å². The number of aryl methyl sites for hydroxylation is 1. The molecule has 3 nitrogen and oxygen atoms in total. The summed E-state index contributed by atoms with van der Waals surface area (Å²) in [6.45, 7) is 7.79. The van der Waals surface area contributed by atoms with E-state index in [1.54, 1.807) is 7.11 Å². The number of aromatic nitrogens is 1. The van der Waals surface area contributed by atoms with Gasteiger partial charge in [-0.1, -0.05) is 0 Å². The third-order valence-corrected chi connectivity index (χ3v) is 3.59. The van der Waals surface area contributed by atoms with Crippen LogP contribution >= 0.6 is 0 Å². The van der Waals surface area contributed by atoms with Gasteiger partial charge < -0.3 is 4.74 Å². The van der Waals surface area contributed by atoms with Crippen molar-refractivity contribution in [1.82, 2.24) is 9.88 Å². The number of hydrogen-bond acceptors (Lipinski definition) is 3. The van der Waals surface area contributed by atoms with Crippen molar-refractivity contribution in [2.45, 2.75) is 45.7 Å². The second kappa shape index (κ2) is 5.05. The van der Waals surface area contributed by atoms with Gasteiger partial charge in [0.15, 0.2) is 0 Å². The fraction of sp³-hybridized carbons (Fsp3) is 0.643. The number of likely N-dealkylation sites (tertiary alicyclic amines) is 1. The monoisotopic (exact) mass is 234 g/mol. The van der Waals surface area contributed by atoms with Gasteiger partial charge in [0.05, 0.1) is 7.11 Å². The van der Waals surface area contributed by atoms with Crippen molar-refractivity contribution in [3.63, 3.8) is 0 Å². The first kappa shape index (κ1) is 12.4. The molecule has 0 saturated carbocycles. The van der Waals surface area contributed by atoms with Gasteiger partial charge in [-0.15, -0.1) is 0 Å². The van der Waals surface area contributed by atoms with Crippen molar-refractivity contribution in [3.8, 4) is 5.88 Å². The maximum atomic E-state index is 5.21. The van der Waals surface area contributed by atoms with E-state index >= 15 is 0 Å². The summed E-state index contributed by atoms with van der Waals surface area (Å²) in [6, 6.07) is 3.36. The van der Waals surface area contributed by atoms with Crippen LogP contribution < -0.4 is 4.74 Å². The van der Waals surface area contributed by atoms with E-state index in [-0.39, 0.29) is 0 Å². The van der Waals surface area contributed by atoms with Crippen molar-refractivity contribution >= 4 is 0 Å². The van der Waals surface area contributed by atoms with Crippen LogP contribution in [0.15, 0.2) is 12.3 Å². The number of rotatable bonds is 3. The third-order valence-electron chi connectivity index (χ3n) is 3.59. The Labute approximate surface area is 104 Å². The Morgan fingerprint density at radius 1 is 1.47 bits per heavy atom. The number of pyridine rings is 1. The predicted octanol–water partition coefficient (Wildman–Crippen LogP) is 2.94. The van der Waals surface area contributed by atoms with Crippen molar-refractivity contribution in [2.75, 3.05) is 13.7 Å². The molecule has 0 spiro atoms. The summed E-state index contributed by atoms with van der Waals surface area (Å²) in [7, 11) is 1.67. The summed E-state index contributed by atoms with van der Waals surface area (Å²) in [5.41, 5.74) is 2.45. The lowest BCUT2D eigenvalue weighted by atomic mass is 10.0. The summed E-state index contributed by atoms with van der Waals surface area (Å²) in [6.07, 6.45) is 4.50. The molecule has 0 aromatic carbocycles. The maximum Gasteiger partial charge on any atom is 0.215 e. The van der Waals surface area contributed by atoms with E-state index in [9.17, 15) is 0 Å². The van der Waals surface area contributed by atoms with Gasteiger partial charge in [-0.05, 0) is 51.8 Å². The lowest BCUT2D eigenvalue weighted by molar-refractivity contribution is 0.205. The molecule has 1 saturated heterocycles. The molecule has 0 radical (unpaired) electrons. The molecule has 0 aliphatic carbocycles. The van der Waals surface area contributed by atoms with E-state index in [1.165, 1.54) is 24.9 Å². The van der Waals surface area contributed by atoms with Crippen molar-refractivity contribution in [1.29, 1.82) is 0 Å². The molecule has 0 N–H and O–H groups in total. The van der Waals surface area contributed by atoms with Gasteiger partial charge in [-0.2, -0.15) is 0 Å². The summed E-state index contributed by atoms with van der Waals surface area (Å²) in [5.74, 6) is 0.739. The maximum absolute atomic E-state index is 5.21. The summed E-state index contributed by atoms with van der Waals surface area (Å²) < 4.78 is 5.21. The predicted molar refractivity (Wildman–Crippen MR) is 69.3 cm³/mol. The van der Waals surface area contributed by atoms with Gasteiger partial charge in [-0.25, -0.2) is 4.98 Å². The van der Waals surface area contributed by atoms with Gasteiger partial charge in [0.25, 0.3) is 0 Å². The Hall–Kier alpha value is -1.09. The average Bonchev–Trinajstić information content (AvgIpc) is 2.77. The van der Waals surface area contributed by atoms with Crippen LogP contribution in [0.25, 0.3) is 0 Å². The highest BCUT2D eigenvalue weighted by Crippen LogP contribution is 2.34. The standard InChI is InChI=1S/C14H22N2O/c1-10(2)16-7-5-6-13(16)12-8-11(3)14(17-4)15-9-12/h8-10,13H,5-7H2,1-4H3. The first-order valence-electron chi connectivity index (χ1n) is 6.39. The number of ether oxygens (including phenoxy) is 1. The molecule has 1 aromatic rings. The highest BCUT2D eigenvalue weighted by molar-refractivity contribution is 5.30. The largest absolute Gasteiger partial charge is 0.481 e. The van der Waals surface area contributed by atoms with Gasteiger partial charge in [0.1, 0.15) is 0 Å². The minimum absolute atomic E-state index is 0.534. The molecule has 1 aromatic heterocycles. The quantitative estimate of drug-likeness (QED) is 0.804. The Kier molecular flexibility index (Phi) is 3.67. The molecule has 1 fully saturated rings. The lowest BCUT2D eigenvalue weighted by Crippen LogP contribution is -2.30. The van der Waals surface area contributed by atoms with Crippen molar-refractivity contribution in [2.24, 2.45) is 0 Å². The fourth-order valence-corrected chi connectivity index (χ4v) is 2.75. The molecule has 1 unspecified atom stereocenters. The molecule has 17 heavy (non-hydrogen) atoms. The zero-order chi connectivity index (χ0) is 12.4. The first-order valence-corrected chi connectivity index (χ1v) is 6.39. The first-order chi connectivity index (χ1) is 8.13. The Bertz CT molecular complexity index is 390. The summed E-state index contributed by atoms with van der Waals surface area (Å²) in [4.78, 5) is 6.94. The number of methoxy groups -OCH3 is 1. The minimum atomic E-state index is 0.534. The van der Waals surface area contributed by atoms with Gasteiger partial charge >= 0.3 is 0 Å². The van der Waals surface area contributed by atoms with E-state index in [0.29, 0.717) is 12.1 Å². The zero-order valence-corrected chi connectivity index (χ0v) is 11.2. The van der Waals surface area contributed by atoms with E-state index in [2.05, 4.69) is 36.7 Å². The smallest absolute Gasteiger partial charge is 0.215 e. The van der Waals surface area contributed by atoms with Crippen LogP contribution in [-0.2, 0) is 0 Å². The van der Waals surface area contributed by atoms with Gasteiger partial charge in [-0.3, -0.25) is 4.90 Å². The second-order valence-electron chi connectivity index (χ2n) is 5.08. The molecule has 1 atom stereocenters. The molecule has 0 amide bonds. The Morgan fingerprint density at radius 3 is 2.82 bits per heavy atom. The van der Waals surface area contributed by atoms with Crippen molar-refractivity contribution in [3.05, 3.63) is 23.4 Å². The molecule has 1 aliphatic heterocycles. The molecular formula is C14H22N2O. The second-order valence-corrected chi connectivity index (χ2v) is 5.08.